The fourth-order valence-electron chi connectivity index (χ4n) is 0. The molecule has 0 atom stereocenters. The zero-order chi connectivity index (χ0) is 3.58. The van der Waals surface area contributed by atoms with Gasteiger partial charge in [0.2, 0.25) is 0 Å². The smallest absolute Gasteiger partial charge is 0.0918 e. The molecule has 5 heteroatoms. The van der Waals surface area contributed by atoms with Gasteiger partial charge in [-0.15, -0.1) is 17.0 Å². The highest BCUT2D eigenvalue weighted by Crippen LogP contribution is 1.33. The zero-order valence-electron chi connectivity index (χ0n) is 2.08. The molecule has 0 radical (unpaired) electrons. The standard InChI is InChI=1S/BrH.HO2S2/c;1-4(2)3/h1H;(H,1,2,3)/q;-1. The van der Waals surface area contributed by atoms with E-state index in [0.29, 0.717) is 0 Å². The second kappa shape index (κ2) is 4.81. The van der Waals surface area contributed by atoms with Gasteiger partial charge in [0.05, 0.1) is 0 Å². The Labute approximate surface area is 46.9 Å². The van der Waals surface area contributed by atoms with E-state index >= 15 is 0 Å². The number of hydrogen-bond donors (Lipinski definition) is 1. The van der Waals surface area contributed by atoms with Crippen LogP contribution in [-0.4, -0.2) is 4.55 Å². The highest BCUT2D eigenvalue weighted by molar-refractivity contribution is 8.93. The van der Waals surface area contributed by atoms with Crippen LogP contribution in [0.4, 0.5) is 0 Å². The molecule has 0 aliphatic heterocycles. The SMILES string of the molecule is Br.O=[S-](O)=S. The van der Waals surface area contributed by atoms with Crippen LogP contribution in [0.15, 0.2) is 0 Å². The largest absolute Gasteiger partial charge is 0.459 e. The van der Waals surface area contributed by atoms with Crippen molar-refractivity contribution in [2.24, 2.45) is 0 Å². The van der Waals surface area contributed by atoms with E-state index in [-0.39, 0.29) is 17.0 Å². The monoisotopic (exact) mass is 177 g/mol. The van der Waals surface area contributed by atoms with E-state index in [9.17, 15) is 0 Å². The van der Waals surface area contributed by atoms with Gasteiger partial charge in [-0.05, 0) is 0 Å². The van der Waals surface area contributed by atoms with E-state index < -0.39 is 9.64 Å². The second-order valence-electron chi connectivity index (χ2n) is 0.217. The van der Waals surface area contributed by atoms with Crippen LogP contribution >= 0.6 is 17.0 Å². The van der Waals surface area contributed by atoms with Crippen molar-refractivity contribution in [3.8, 4) is 0 Å². The maximum atomic E-state index is 8.93. The van der Waals surface area contributed by atoms with Crippen molar-refractivity contribution in [2.45, 2.75) is 0 Å². The van der Waals surface area contributed by atoms with Crippen molar-refractivity contribution in [3.05, 3.63) is 0 Å². The molecule has 34 valence electrons. The van der Waals surface area contributed by atoms with E-state index in [1.54, 1.807) is 0 Å². The lowest BCUT2D eigenvalue weighted by Crippen LogP contribution is -1.51. The molecule has 5 heavy (non-hydrogen) atoms. The van der Waals surface area contributed by atoms with Gasteiger partial charge >= 0.3 is 0 Å². The molecule has 0 heterocycles. The van der Waals surface area contributed by atoms with Crippen molar-refractivity contribution in [2.75, 3.05) is 0 Å². The molecular formula is H2BrO2S2-. The number of hydrogen-bond acceptors (Lipinski definition) is 3. The minimum atomic E-state index is -2.03. The lowest BCUT2D eigenvalue weighted by Gasteiger charge is -1.66. The molecule has 0 fully saturated rings. The van der Waals surface area contributed by atoms with Crippen molar-refractivity contribution in [1.82, 2.24) is 0 Å². The summed E-state index contributed by atoms with van der Waals surface area (Å²) in [4.78, 5) is 0. The molecule has 0 unspecified atom stereocenters. The maximum Gasteiger partial charge on any atom is -0.0918 e. The number of halogens is 1. The molecule has 0 aliphatic rings. The van der Waals surface area contributed by atoms with Crippen LogP contribution in [-0.2, 0) is 25.0 Å². The van der Waals surface area contributed by atoms with Crippen LogP contribution in [0.3, 0.4) is 0 Å². The Bertz CT molecular complexity index is 56.0. The average Bonchev–Trinajstić information content (AvgIpc) is 0.811. The van der Waals surface area contributed by atoms with Crippen molar-refractivity contribution < 1.29 is 8.76 Å². The molecule has 0 saturated carbocycles. The first-order valence-corrected chi connectivity index (χ1v) is 2.55. The summed E-state index contributed by atoms with van der Waals surface area (Å²) in [6.45, 7) is 0. The summed E-state index contributed by atoms with van der Waals surface area (Å²) >= 11 is 3.65. The summed E-state index contributed by atoms with van der Waals surface area (Å²) in [5.41, 5.74) is 0. The maximum absolute atomic E-state index is 8.93. The van der Waals surface area contributed by atoms with Gasteiger partial charge in [0.15, 0.2) is 0 Å². The minimum Gasteiger partial charge on any atom is -0.459 e. The Balaban J connectivity index is 0. The van der Waals surface area contributed by atoms with Crippen LogP contribution in [0.2, 0.25) is 0 Å². The molecule has 0 aliphatic carbocycles. The first-order chi connectivity index (χ1) is 1.73. The third kappa shape index (κ3) is 57.9. The molecule has 0 saturated heterocycles. The highest BCUT2D eigenvalue weighted by Gasteiger charge is 1.19. The Kier molecular flexibility index (Phi) is 8.91. The van der Waals surface area contributed by atoms with Gasteiger partial charge in [-0.25, -0.2) is 11.2 Å². The fraction of sp³-hybridized carbons (Fsp3) is 0. The quantitative estimate of drug-likeness (QED) is 0.432. The van der Waals surface area contributed by atoms with E-state index in [2.05, 4.69) is 11.2 Å². The van der Waals surface area contributed by atoms with Crippen LogP contribution < -0.4 is 0 Å². The Morgan fingerprint density at radius 2 is 1.80 bits per heavy atom. The molecule has 0 aromatic heterocycles. The Morgan fingerprint density at radius 3 is 1.80 bits per heavy atom. The molecule has 0 amide bonds. The van der Waals surface area contributed by atoms with Gasteiger partial charge in [-0.1, -0.05) is 9.64 Å². The van der Waals surface area contributed by atoms with Crippen molar-refractivity contribution in [1.29, 1.82) is 0 Å². The summed E-state index contributed by atoms with van der Waals surface area (Å²) < 4.78 is 16.3. The Morgan fingerprint density at radius 1 is 1.80 bits per heavy atom. The molecule has 0 aromatic carbocycles. The average molecular weight is 178 g/mol. The van der Waals surface area contributed by atoms with Gasteiger partial charge in [0.25, 0.3) is 0 Å². The van der Waals surface area contributed by atoms with E-state index in [1.807, 2.05) is 0 Å². The summed E-state index contributed by atoms with van der Waals surface area (Å²) in [6.07, 6.45) is 0. The zero-order valence-corrected chi connectivity index (χ0v) is 5.43. The normalized spacial score (nSPS) is 6.80. The predicted octanol–water partition coefficient (Wildman–Crippen LogP) is 0.463. The van der Waals surface area contributed by atoms with Gasteiger partial charge in [0.1, 0.15) is 0 Å². The minimum absolute atomic E-state index is 0. The summed E-state index contributed by atoms with van der Waals surface area (Å²) in [5, 5.41) is 0. The Hall–Kier alpha value is 0.810. The second-order valence-corrected chi connectivity index (χ2v) is 1.51. The van der Waals surface area contributed by atoms with Gasteiger partial charge in [-0.2, -0.15) is 0 Å². The number of rotatable bonds is 0. The summed E-state index contributed by atoms with van der Waals surface area (Å²) in [6, 6.07) is 0. The molecule has 0 spiro atoms. The fourth-order valence-corrected chi connectivity index (χ4v) is 0. The van der Waals surface area contributed by atoms with Crippen molar-refractivity contribution in [3.63, 3.8) is 0 Å². The van der Waals surface area contributed by atoms with E-state index in [4.69, 9.17) is 8.76 Å². The third-order valence-corrected chi connectivity index (χ3v) is 0. The summed E-state index contributed by atoms with van der Waals surface area (Å²) in [7, 11) is -2.03. The third-order valence-electron chi connectivity index (χ3n) is 0. The van der Waals surface area contributed by atoms with Crippen LogP contribution in [0, 0.1) is 0 Å². The first-order valence-electron chi connectivity index (χ1n) is 0.516. The van der Waals surface area contributed by atoms with E-state index in [0.717, 1.165) is 0 Å². The molecule has 0 bridgehead atoms. The van der Waals surface area contributed by atoms with Crippen molar-refractivity contribution >= 4 is 37.8 Å². The molecule has 1 N–H and O–H groups in total. The van der Waals surface area contributed by atoms with E-state index in [1.165, 1.54) is 0 Å². The van der Waals surface area contributed by atoms with Crippen LogP contribution in [0.1, 0.15) is 0 Å². The van der Waals surface area contributed by atoms with Gasteiger partial charge in [-0.3, -0.25) is 0 Å². The van der Waals surface area contributed by atoms with Crippen LogP contribution in [0.5, 0.6) is 0 Å². The van der Waals surface area contributed by atoms with Gasteiger partial charge in [0, 0.05) is 0 Å². The molecule has 2 nitrogen and oxygen atoms in total. The molecule has 0 aromatic rings. The molecular weight excluding hydrogens is 176 g/mol. The topological polar surface area (TPSA) is 37.3 Å². The molecule has 0 rings (SSSR count). The lowest BCUT2D eigenvalue weighted by molar-refractivity contribution is 0.536. The highest BCUT2D eigenvalue weighted by atomic mass is 79.9. The summed E-state index contributed by atoms with van der Waals surface area (Å²) in [5.74, 6) is 0. The first kappa shape index (κ1) is 9.26. The predicted molar refractivity (Wildman–Crippen MR) is 28.4 cm³/mol. The lowest BCUT2D eigenvalue weighted by atomic mass is 15.9. The van der Waals surface area contributed by atoms with Gasteiger partial charge < -0.3 is 8.76 Å². The van der Waals surface area contributed by atoms with Crippen LogP contribution in [0.25, 0.3) is 0 Å².